The number of amides is 4. The second kappa shape index (κ2) is 22.1. The first kappa shape index (κ1) is 48.8. The Morgan fingerprint density at radius 1 is 0.731 bits per heavy atom. The van der Waals surface area contributed by atoms with Gasteiger partial charge < -0.3 is 35.1 Å². The number of fused-ring (bicyclic) bond motifs is 1. The van der Waals surface area contributed by atoms with E-state index in [1.165, 1.54) is 7.11 Å². The minimum Gasteiger partial charge on any atom is -0.453 e. The maximum Gasteiger partial charge on any atom is 0.407 e. The maximum absolute atomic E-state index is 13.6. The third-order valence-corrected chi connectivity index (χ3v) is 13.3. The molecule has 4 heterocycles. The highest BCUT2D eigenvalue weighted by atomic mass is 79.9. The lowest BCUT2D eigenvalue weighted by Crippen LogP contribution is -2.51. The summed E-state index contributed by atoms with van der Waals surface area (Å²) in [5.41, 5.74) is 6.61. The molecule has 0 aliphatic carbocycles. The van der Waals surface area contributed by atoms with E-state index in [0.29, 0.717) is 24.8 Å². The normalized spacial score (nSPS) is 16.6. The van der Waals surface area contributed by atoms with Gasteiger partial charge in [-0.2, -0.15) is 0 Å². The number of halogens is 2. The Morgan fingerprint density at radius 3 is 1.87 bits per heavy atom. The predicted molar refractivity (Wildman–Crippen MR) is 266 cm³/mol. The molecule has 14 nitrogen and oxygen atoms in total. The predicted octanol–water partition coefficient (Wildman–Crippen LogP) is 9.94. The number of hydrogen-bond acceptors (Lipinski definition) is 8. The Balaban J connectivity index is 0.000000532. The standard InChI is InChI=1S/C43H50N8O5.C8H6Br2O/c1-6-37(52)46-26(4)41(53)50-18-8-12-35(50)39-44-23-33(47-39)31-11-7-10-27(21-31)28-14-15-30-22-32(17-16-29(30)20-28)34-24-45-40(48-34)36-13-9-19-51(36)42(54)38(25(2)3)49-43(55)56-5;9-5-8(11)6-2-1-3-7(10)4-6/h7,10-11,14-17,20-26,35-36,38H,6,8-9,12-13,18-19H2,1-5H3,(H,44,47)(H,45,48)(H,46,52)(H,49,55);1-4H,5H2/t26-,35-,36-,38-;/m0./s1. The Labute approximate surface area is 407 Å². The number of benzene rings is 4. The summed E-state index contributed by atoms with van der Waals surface area (Å²) in [7, 11) is 1.29. The van der Waals surface area contributed by atoms with E-state index in [9.17, 15) is 24.0 Å². The van der Waals surface area contributed by atoms with Crippen LogP contribution < -0.4 is 10.6 Å². The molecular formula is C51H56Br2N8O6. The zero-order valence-electron chi connectivity index (χ0n) is 38.3. The minimum atomic E-state index is -0.688. The highest BCUT2D eigenvalue weighted by Crippen LogP contribution is 2.36. The Hall–Kier alpha value is -6.13. The molecule has 2 aliphatic heterocycles. The van der Waals surface area contributed by atoms with Crippen LogP contribution >= 0.6 is 31.9 Å². The van der Waals surface area contributed by atoms with Gasteiger partial charge in [-0.3, -0.25) is 19.2 Å². The van der Waals surface area contributed by atoms with E-state index >= 15 is 0 Å². The molecular weight excluding hydrogens is 980 g/mol. The number of alkyl carbamates (subject to hydrolysis) is 1. The highest BCUT2D eigenvalue weighted by Gasteiger charge is 2.38. The van der Waals surface area contributed by atoms with E-state index < -0.39 is 18.2 Å². The molecule has 0 saturated carbocycles. The molecule has 8 rings (SSSR count). The van der Waals surface area contributed by atoms with Crippen LogP contribution in [-0.4, -0.2) is 96.9 Å². The number of methoxy groups -OCH3 is 1. The lowest BCUT2D eigenvalue weighted by molar-refractivity contribution is -0.136. The molecule has 16 heteroatoms. The summed E-state index contributed by atoms with van der Waals surface area (Å²) in [6.45, 7) is 8.55. The second-order valence-electron chi connectivity index (χ2n) is 17.2. The van der Waals surface area contributed by atoms with Crippen LogP contribution in [0.3, 0.4) is 0 Å². The van der Waals surface area contributed by atoms with Crippen LogP contribution in [0.4, 0.5) is 4.79 Å². The van der Waals surface area contributed by atoms with Gasteiger partial charge in [-0.05, 0) is 90.8 Å². The zero-order chi connectivity index (χ0) is 47.8. The number of carbonyl (C=O) groups excluding carboxylic acids is 5. The van der Waals surface area contributed by atoms with Crippen molar-refractivity contribution in [2.75, 3.05) is 25.5 Å². The third-order valence-electron chi connectivity index (χ3n) is 12.3. The van der Waals surface area contributed by atoms with Gasteiger partial charge in [-0.25, -0.2) is 14.8 Å². The molecule has 0 spiro atoms. The van der Waals surface area contributed by atoms with E-state index in [4.69, 9.17) is 14.7 Å². The Bertz CT molecular complexity index is 2750. The van der Waals surface area contributed by atoms with Crippen LogP contribution in [0, 0.1) is 5.92 Å². The summed E-state index contributed by atoms with van der Waals surface area (Å²) in [5.74, 6) is 1.10. The number of imidazole rings is 2. The lowest BCUT2D eigenvalue weighted by atomic mass is 9.98. The van der Waals surface area contributed by atoms with Crippen molar-refractivity contribution in [2.24, 2.45) is 5.92 Å². The number of ether oxygens (including phenoxy) is 1. The Morgan fingerprint density at radius 2 is 1.28 bits per heavy atom. The second-order valence-corrected chi connectivity index (χ2v) is 18.6. The molecule has 2 aromatic heterocycles. The van der Waals surface area contributed by atoms with Gasteiger partial charge in [0, 0.05) is 40.7 Å². The summed E-state index contributed by atoms with van der Waals surface area (Å²) in [4.78, 5) is 81.8. The van der Waals surface area contributed by atoms with Crippen LogP contribution in [0.15, 0.2) is 102 Å². The number of likely N-dealkylation sites (tertiary alicyclic amines) is 2. The number of Topliss-reactive ketones (excluding diaryl/α,β-unsaturated/α-hetero) is 1. The first-order valence-electron chi connectivity index (χ1n) is 22.6. The Kier molecular flexibility index (Phi) is 16.1. The van der Waals surface area contributed by atoms with Gasteiger partial charge >= 0.3 is 6.09 Å². The van der Waals surface area contributed by atoms with E-state index in [2.05, 4.69) is 107 Å². The molecule has 4 aromatic carbocycles. The summed E-state index contributed by atoms with van der Waals surface area (Å²) < 4.78 is 5.70. The third kappa shape index (κ3) is 11.5. The van der Waals surface area contributed by atoms with Crippen molar-refractivity contribution in [1.82, 2.24) is 40.4 Å². The molecule has 2 saturated heterocycles. The first-order chi connectivity index (χ1) is 32.3. The first-order valence-corrected chi connectivity index (χ1v) is 24.5. The average Bonchev–Trinajstić information content (AvgIpc) is 4.20. The number of nitrogens with zero attached hydrogens (tertiary/aromatic N) is 4. The highest BCUT2D eigenvalue weighted by molar-refractivity contribution is 9.10. The van der Waals surface area contributed by atoms with Crippen molar-refractivity contribution in [1.29, 1.82) is 0 Å². The molecule has 0 radical (unpaired) electrons. The van der Waals surface area contributed by atoms with Crippen LogP contribution in [0.1, 0.15) is 93.9 Å². The summed E-state index contributed by atoms with van der Waals surface area (Å²) in [5, 5.41) is 8.06. The smallest absolute Gasteiger partial charge is 0.407 e. The van der Waals surface area contributed by atoms with Gasteiger partial charge in [0.25, 0.3) is 0 Å². The van der Waals surface area contributed by atoms with Crippen molar-refractivity contribution < 1.29 is 28.7 Å². The number of nitrogens with one attached hydrogen (secondary N) is 4. The van der Waals surface area contributed by atoms with Gasteiger partial charge in [0.05, 0.1) is 48.3 Å². The number of aromatic amines is 2. The molecule has 2 aliphatic rings. The summed E-state index contributed by atoms with van der Waals surface area (Å²) in [6.07, 6.45) is 6.68. The van der Waals surface area contributed by atoms with Crippen molar-refractivity contribution >= 4 is 72.2 Å². The molecule has 4 atom stereocenters. The van der Waals surface area contributed by atoms with Gasteiger partial charge in [-0.1, -0.05) is 107 Å². The van der Waals surface area contributed by atoms with Crippen molar-refractivity contribution in [2.45, 2.75) is 84.0 Å². The molecule has 6 aromatic rings. The van der Waals surface area contributed by atoms with E-state index in [-0.39, 0.29) is 41.5 Å². The molecule has 4 amide bonds. The van der Waals surface area contributed by atoms with Crippen LogP contribution in [0.25, 0.3) is 44.4 Å². The van der Waals surface area contributed by atoms with Crippen LogP contribution in [0.2, 0.25) is 0 Å². The van der Waals surface area contributed by atoms with E-state index in [1.54, 1.807) is 19.9 Å². The number of H-pyrrole nitrogens is 2. The average molecular weight is 1040 g/mol. The topological polar surface area (TPSA) is 182 Å². The molecule has 67 heavy (non-hydrogen) atoms. The van der Waals surface area contributed by atoms with Gasteiger partial charge in [0.15, 0.2) is 5.78 Å². The largest absolute Gasteiger partial charge is 0.453 e. The molecule has 4 N–H and O–H groups in total. The maximum atomic E-state index is 13.6. The van der Waals surface area contributed by atoms with Crippen LogP contribution in [-0.2, 0) is 19.1 Å². The zero-order valence-corrected chi connectivity index (χ0v) is 41.4. The number of aromatic nitrogens is 4. The lowest BCUT2D eigenvalue weighted by Gasteiger charge is -2.30. The van der Waals surface area contributed by atoms with E-state index in [0.717, 1.165) is 91.8 Å². The van der Waals surface area contributed by atoms with Gasteiger partial charge in [0.1, 0.15) is 23.7 Å². The van der Waals surface area contributed by atoms with Crippen molar-refractivity contribution in [3.8, 4) is 33.6 Å². The monoisotopic (exact) mass is 1030 g/mol. The fraction of sp³-hybridized carbons (Fsp3) is 0.353. The number of carbonyl (C=O) groups is 5. The van der Waals surface area contributed by atoms with E-state index in [1.807, 2.05) is 60.3 Å². The number of alkyl halides is 1. The molecule has 350 valence electrons. The quantitative estimate of drug-likeness (QED) is 0.0651. The van der Waals surface area contributed by atoms with Crippen molar-refractivity contribution in [3.63, 3.8) is 0 Å². The SMILES string of the molecule is CCC(=O)N[C@@H](C)C(=O)N1CCC[C@H]1c1ncc(-c2cccc(-c3ccc4cc(-c5cnc([C@@H]6CCCN6C(=O)[C@@H](NC(=O)OC)C(C)C)[nH]5)ccc4c3)c2)[nH]1.O=C(CBr)c1cccc(Br)c1. The fourth-order valence-corrected chi connectivity index (χ4v) is 9.39. The number of ketones is 1. The van der Waals surface area contributed by atoms with Crippen LogP contribution in [0.5, 0.6) is 0 Å². The molecule has 0 unspecified atom stereocenters. The van der Waals surface area contributed by atoms with Gasteiger partial charge in [-0.15, -0.1) is 0 Å². The molecule has 2 fully saturated rings. The van der Waals surface area contributed by atoms with Gasteiger partial charge in [0.2, 0.25) is 17.7 Å². The van der Waals surface area contributed by atoms with Crippen molar-refractivity contribution in [3.05, 3.63) is 119 Å². The minimum absolute atomic E-state index is 0.0941. The number of hydrogen-bond donors (Lipinski definition) is 4. The number of rotatable bonds is 13. The summed E-state index contributed by atoms with van der Waals surface area (Å²) >= 11 is 6.40. The summed E-state index contributed by atoms with van der Waals surface area (Å²) in [6, 6.07) is 26.8. The fourth-order valence-electron chi connectivity index (χ4n) is 8.67. The molecule has 0 bridgehead atoms.